The number of carbonyl (C=O) groups excluding carboxylic acids is 1. The number of carbonyl (C=O) groups is 1. The molecule has 8 heteroatoms. The molecule has 0 unspecified atom stereocenters. The fourth-order valence-corrected chi connectivity index (χ4v) is 3.47. The third kappa shape index (κ3) is 4.30. The Kier molecular flexibility index (Phi) is 5.70. The molecular formula is C22H15Cl2N3O3. The normalized spacial score (nSPS) is 10.7. The number of rotatable bonds is 5. The fraction of sp³-hybridized carbons (Fsp3) is 0.0455. The maximum Gasteiger partial charge on any atom is 0.261 e. The molecule has 1 heterocycles. The van der Waals surface area contributed by atoms with E-state index in [1.807, 2.05) is 30.3 Å². The number of nitrogens with one attached hydrogen (secondary N) is 1. The Hall–Kier alpha value is -3.35. The van der Waals surface area contributed by atoms with Gasteiger partial charge in [-0.3, -0.25) is 14.2 Å². The third-order valence-corrected chi connectivity index (χ3v) is 4.80. The lowest BCUT2D eigenvalue weighted by Crippen LogP contribution is -2.28. The Morgan fingerprint density at radius 2 is 1.77 bits per heavy atom. The van der Waals surface area contributed by atoms with Crippen LogP contribution in [0, 0.1) is 0 Å². The van der Waals surface area contributed by atoms with Gasteiger partial charge < -0.3 is 10.1 Å². The highest BCUT2D eigenvalue weighted by molar-refractivity contribution is 6.38. The molecule has 4 rings (SSSR count). The zero-order valence-electron chi connectivity index (χ0n) is 15.5. The van der Waals surface area contributed by atoms with Gasteiger partial charge in [0.05, 0.1) is 27.9 Å². The van der Waals surface area contributed by atoms with Crippen molar-refractivity contribution in [2.45, 2.75) is 6.54 Å². The second kappa shape index (κ2) is 8.57. The number of hydrogen-bond donors (Lipinski definition) is 1. The van der Waals surface area contributed by atoms with Crippen molar-refractivity contribution in [3.05, 3.63) is 93.5 Å². The van der Waals surface area contributed by atoms with Crippen molar-refractivity contribution in [3.63, 3.8) is 0 Å². The van der Waals surface area contributed by atoms with Crippen molar-refractivity contribution in [2.75, 3.05) is 5.32 Å². The van der Waals surface area contributed by atoms with E-state index in [4.69, 9.17) is 27.9 Å². The Morgan fingerprint density at radius 1 is 1.03 bits per heavy atom. The first kappa shape index (κ1) is 19.9. The van der Waals surface area contributed by atoms with E-state index < -0.39 is 11.5 Å². The number of benzene rings is 3. The van der Waals surface area contributed by atoms with Gasteiger partial charge in [0.15, 0.2) is 5.75 Å². The number of aromatic nitrogens is 2. The lowest BCUT2D eigenvalue weighted by atomic mass is 10.2. The molecule has 0 aliphatic carbocycles. The van der Waals surface area contributed by atoms with Crippen LogP contribution in [0.3, 0.4) is 0 Å². The minimum Gasteiger partial charge on any atom is -0.455 e. The molecule has 4 aromatic rings. The lowest BCUT2D eigenvalue weighted by molar-refractivity contribution is -0.116. The number of hydrogen-bond acceptors (Lipinski definition) is 4. The van der Waals surface area contributed by atoms with Crippen LogP contribution in [0.5, 0.6) is 11.5 Å². The highest BCUT2D eigenvalue weighted by Gasteiger charge is 2.13. The number of anilines is 1. The molecule has 0 fully saturated rings. The molecule has 1 amide bonds. The highest BCUT2D eigenvalue weighted by Crippen LogP contribution is 2.29. The zero-order valence-corrected chi connectivity index (χ0v) is 17.0. The van der Waals surface area contributed by atoms with Crippen LogP contribution in [-0.4, -0.2) is 15.5 Å². The van der Waals surface area contributed by atoms with Crippen molar-refractivity contribution < 1.29 is 9.53 Å². The molecule has 3 aromatic carbocycles. The number of nitrogens with zero attached hydrogens (tertiary/aromatic N) is 2. The van der Waals surface area contributed by atoms with Crippen molar-refractivity contribution in [2.24, 2.45) is 0 Å². The maximum absolute atomic E-state index is 12.7. The Morgan fingerprint density at radius 3 is 2.57 bits per heavy atom. The van der Waals surface area contributed by atoms with Gasteiger partial charge in [0, 0.05) is 5.02 Å². The molecule has 150 valence electrons. The summed E-state index contributed by atoms with van der Waals surface area (Å²) in [4.78, 5) is 29.5. The Bertz CT molecular complexity index is 1290. The smallest absolute Gasteiger partial charge is 0.261 e. The van der Waals surface area contributed by atoms with Crippen LogP contribution in [0.15, 0.2) is 77.9 Å². The van der Waals surface area contributed by atoms with Gasteiger partial charge in [-0.25, -0.2) is 4.98 Å². The fourth-order valence-electron chi connectivity index (χ4n) is 2.93. The monoisotopic (exact) mass is 439 g/mol. The van der Waals surface area contributed by atoms with E-state index in [1.165, 1.54) is 23.0 Å². The molecule has 6 nitrogen and oxygen atoms in total. The molecule has 1 N–H and O–H groups in total. The van der Waals surface area contributed by atoms with Gasteiger partial charge >= 0.3 is 0 Å². The summed E-state index contributed by atoms with van der Waals surface area (Å²) in [5.41, 5.74) is 0.414. The molecule has 0 aliphatic heterocycles. The van der Waals surface area contributed by atoms with Gasteiger partial charge in [-0.1, -0.05) is 53.5 Å². The second-order valence-corrected chi connectivity index (χ2v) is 7.26. The minimum absolute atomic E-state index is 0.231. The Labute approximate surface area is 181 Å². The van der Waals surface area contributed by atoms with E-state index in [0.717, 1.165) is 0 Å². The van der Waals surface area contributed by atoms with Crippen molar-refractivity contribution in [3.8, 4) is 11.5 Å². The van der Waals surface area contributed by atoms with E-state index >= 15 is 0 Å². The van der Waals surface area contributed by atoms with E-state index in [2.05, 4.69) is 10.3 Å². The predicted octanol–water partition coefficient (Wildman–Crippen LogP) is 5.13. The molecular weight excluding hydrogens is 425 g/mol. The highest BCUT2D eigenvalue weighted by atomic mass is 35.5. The van der Waals surface area contributed by atoms with Gasteiger partial charge in [-0.05, 0) is 36.4 Å². The van der Waals surface area contributed by atoms with Gasteiger partial charge in [-0.2, -0.15) is 0 Å². The van der Waals surface area contributed by atoms with Crippen molar-refractivity contribution in [1.82, 2.24) is 9.55 Å². The summed E-state index contributed by atoms with van der Waals surface area (Å²) in [6, 6.07) is 19.3. The summed E-state index contributed by atoms with van der Waals surface area (Å²) in [6.45, 7) is -0.231. The van der Waals surface area contributed by atoms with E-state index in [-0.39, 0.29) is 17.0 Å². The third-order valence-electron chi connectivity index (χ3n) is 4.29. The van der Waals surface area contributed by atoms with E-state index in [0.29, 0.717) is 27.7 Å². The molecule has 0 saturated carbocycles. The topological polar surface area (TPSA) is 73.2 Å². The molecule has 0 spiro atoms. The maximum atomic E-state index is 12.7. The minimum atomic E-state index is -0.409. The summed E-state index contributed by atoms with van der Waals surface area (Å²) in [7, 11) is 0. The first-order valence-electron chi connectivity index (χ1n) is 8.97. The van der Waals surface area contributed by atoms with Crippen LogP contribution in [0.2, 0.25) is 10.0 Å². The number of para-hydroxylation sites is 3. The van der Waals surface area contributed by atoms with Crippen LogP contribution in [-0.2, 0) is 11.3 Å². The molecule has 0 atom stereocenters. The SMILES string of the molecule is O=C(Cn1cnc2c(Cl)cc(Cl)cc2c1=O)Nc1ccccc1Oc1ccccc1. The van der Waals surface area contributed by atoms with Gasteiger partial charge in [0.25, 0.3) is 5.56 Å². The summed E-state index contributed by atoms with van der Waals surface area (Å²) in [5.74, 6) is 0.720. The average molecular weight is 440 g/mol. The van der Waals surface area contributed by atoms with Gasteiger partial charge in [0.2, 0.25) is 5.91 Å². The molecule has 0 saturated heterocycles. The number of ether oxygens (including phenoxy) is 1. The Balaban J connectivity index is 1.56. The molecule has 1 aromatic heterocycles. The summed E-state index contributed by atoms with van der Waals surface area (Å²) in [6.07, 6.45) is 1.29. The van der Waals surface area contributed by atoms with Gasteiger partial charge in [-0.15, -0.1) is 0 Å². The van der Waals surface area contributed by atoms with E-state index in [1.54, 1.807) is 24.3 Å². The summed E-state index contributed by atoms with van der Waals surface area (Å²) >= 11 is 12.1. The standard InChI is InChI=1S/C22H15Cl2N3O3/c23-14-10-16-21(17(24)11-14)25-13-27(22(16)29)12-20(28)26-18-8-4-5-9-19(18)30-15-6-2-1-3-7-15/h1-11,13H,12H2,(H,26,28). The van der Waals surface area contributed by atoms with Gasteiger partial charge in [0.1, 0.15) is 12.3 Å². The lowest BCUT2D eigenvalue weighted by Gasteiger charge is -2.13. The predicted molar refractivity (Wildman–Crippen MR) is 118 cm³/mol. The first-order chi connectivity index (χ1) is 14.5. The molecule has 0 bridgehead atoms. The van der Waals surface area contributed by atoms with Crippen LogP contribution in [0.1, 0.15) is 0 Å². The van der Waals surface area contributed by atoms with E-state index in [9.17, 15) is 9.59 Å². The second-order valence-electron chi connectivity index (χ2n) is 6.42. The quantitative estimate of drug-likeness (QED) is 0.467. The first-order valence-corrected chi connectivity index (χ1v) is 9.73. The largest absolute Gasteiger partial charge is 0.455 e. The molecule has 0 aliphatic rings. The summed E-state index contributed by atoms with van der Waals surface area (Å²) in [5, 5.41) is 3.62. The average Bonchev–Trinajstić information content (AvgIpc) is 2.73. The van der Waals surface area contributed by atoms with Crippen LogP contribution >= 0.6 is 23.2 Å². The summed E-state index contributed by atoms with van der Waals surface area (Å²) < 4.78 is 7.04. The molecule has 0 radical (unpaired) electrons. The zero-order chi connectivity index (χ0) is 21.1. The number of halogens is 2. The van der Waals surface area contributed by atoms with Crippen molar-refractivity contribution >= 4 is 45.7 Å². The van der Waals surface area contributed by atoms with Crippen LogP contribution in [0.25, 0.3) is 10.9 Å². The van der Waals surface area contributed by atoms with Crippen LogP contribution in [0.4, 0.5) is 5.69 Å². The van der Waals surface area contributed by atoms with Crippen LogP contribution < -0.4 is 15.6 Å². The number of amides is 1. The number of fused-ring (bicyclic) bond motifs is 1. The molecule has 30 heavy (non-hydrogen) atoms. The van der Waals surface area contributed by atoms with Crippen molar-refractivity contribution in [1.29, 1.82) is 0 Å².